The number of amides is 1. The van der Waals surface area contributed by atoms with Gasteiger partial charge in [0.15, 0.2) is 0 Å². The van der Waals surface area contributed by atoms with Crippen LogP contribution >= 0.6 is 11.6 Å². The van der Waals surface area contributed by atoms with Gasteiger partial charge in [-0.15, -0.1) is 0 Å². The number of sulfonamides is 1. The molecule has 2 aliphatic rings. The molecule has 2 heterocycles. The summed E-state index contributed by atoms with van der Waals surface area (Å²) in [6, 6.07) is 12.6. The quantitative estimate of drug-likeness (QED) is 0.664. The number of nitrogens with one attached hydrogen (secondary N) is 1. The molecule has 1 amide bonds. The molecular weight excluding hydrogens is 446 g/mol. The molecule has 0 saturated carbocycles. The number of likely N-dealkylation sites (tertiary alicyclic amines) is 1. The van der Waals surface area contributed by atoms with Crippen molar-refractivity contribution in [1.82, 2.24) is 9.62 Å². The minimum Gasteiger partial charge on any atom is -0.361 e. The first-order valence-corrected chi connectivity index (χ1v) is 12.9. The summed E-state index contributed by atoms with van der Waals surface area (Å²) in [5.41, 5.74) is 2.69. The molecule has 1 N–H and O–H groups in total. The van der Waals surface area contributed by atoms with Gasteiger partial charge in [0.2, 0.25) is 15.9 Å². The lowest BCUT2D eigenvalue weighted by Gasteiger charge is -2.24. The molecular formula is C24H30ClN3O3S. The minimum atomic E-state index is -3.63. The van der Waals surface area contributed by atoms with E-state index in [2.05, 4.69) is 23.5 Å². The number of halogens is 1. The minimum absolute atomic E-state index is 0.145. The molecule has 2 aromatic carbocycles. The van der Waals surface area contributed by atoms with Crippen molar-refractivity contribution >= 4 is 33.2 Å². The van der Waals surface area contributed by atoms with Crippen LogP contribution in [0.15, 0.2) is 47.4 Å². The van der Waals surface area contributed by atoms with Crippen LogP contribution in [0.25, 0.3) is 0 Å². The van der Waals surface area contributed by atoms with Gasteiger partial charge in [-0.1, -0.05) is 37.6 Å². The Hall–Kier alpha value is -2.09. The van der Waals surface area contributed by atoms with Crippen molar-refractivity contribution in [1.29, 1.82) is 0 Å². The molecule has 1 saturated heterocycles. The maximum atomic E-state index is 12.9. The Labute approximate surface area is 195 Å². The van der Waals surface area contributed by atoms with Crippen LogP contribution in [0, 0.1) is 0 Å². The lowest BCUT2D eigenvalue weighted by molar-refractivity contribution is -0.128. The number of carbonyl (C=O) groups is 1. The van der Waals surface area contributed by atoms with Crippen LogP contribution < -0.4 is 9.62 Å². The highest BCUT2D eigenvalue weighted by molar-refractivity contribution is 7.89. The van der Waals surface area contributed by atoms with Crippen LogP contribution in [0.3, 0.4) is 0 Å². The summed E-state index contributed by atoms with van der Waals surface area (Å²) >= 11 is 5.90. The summed E-state index contributed by atoms with van der Waals surface area (Å²) in [5, 5.41) is 0.659. The number of hydrogen-bond acceptors (Lipinski definition) is 4. The number of rotatable bonds is 7. The van der Waals surface area contributed by atoms with Gasteiger partial charge in [0.1, 0.15) is 0 Å². The maximum absolute atomic E-state index is 12.9. The van der Waals surface area contributed by atoms with Crippen LogP contribution in [-0.4, -0.2) is 51.9 Å². The predicted molar refractivity (Wildman–Crippen MR) is 128 cm³/mol. The standard InChI is InChI=1S/C24H30ClN3O3S/c1-24(2)17-28(16-23(29)27-13-3-4-14-27)22-10-9-20(15-21(22)24)32(30,31)26-12-11-18-5-7-19(25)8-6-18/h5-10,15,26H,3-4,11-14,16-17H2,1-2H3. The lowest BCUT2D eigenvalue weighted by atomic mass is 9.87. The molecule has 0 spiro atoms. The summed E-state index contributed by atoms with van der Waals surface area (Å²) in [6.45, 7) is 7.19. The first-order valence-electron chi connectivity index (χ1n) is 11.1. The van der Waals surface area contributed by atoms with Crippen LogP contribution in [0.4, 0.5) is 5.69 Å². The number of hydrogen-bond donors (Lipinski definition) is 1. The lowest BCUT2D eigenvalue weighted by Crippen LogP contribution is -2.40. The van der Waals surface area contributed by atoms with Gasteiger partial charge in [-0.2, -0.15) is 0 Å². The fraction of sp³-hybridized carbons (Fsp3) is 0.458. The van der Waals surface area contributed by atoms with Crippen LogP contribution in [0.2, 0.25) is 5.02 Å². The third-order valence-electron chi connectivity index (χ3n) is 6.34. The number of fused-ring (bicyclic) bond motifs is 1. The largest absolute Gasteiger partial charge is 0.361 e. The molecule has 0 atom stereocenters. The van der Waals surface area contributed by atoms with Crippen molar-refractivity contribution in [2.24, 2.45) is 0 Å². The summed E-state index contributed by atoms with van der Waals surface area (Å²) in [5.74, 6) is 0.145. The molecule has 32 heavy (non-hydrogen) atoms. The Balaban J connectivity index is 1.46. The topological polar surface area (TPSA) is 69.7 Å². The summed E-state index contributed by atoms with van der Waals surface area (Å²) < 4.78 is 28.5. The zero-order chi connectivity index (χ0) is 22.9. The van der Waals surface area contributed by atoms with Gasteiger partial charge in [0.25, 0.3) is 0 Å². The Morgan fingerprint density at radius 1 is 1.09 bits per heavy atom. The molecule has 2 aliphatic heterocycles. The second-order valence-corrected chi connectivity index (χ2v) is 11.5. The van der Waals surface area contributed by atoms with Crippen molar-refractivity contribution in [3.8, 4) is 0 Å². The maximum Gasteiger partial charge on any atom is 0.242 e. The van der Waals surface area contributed by atoms with Crippen molar-refractivity contribution in [3.63, 3.8) is 0 Å². The highest BCUT2D eigenvalue weighted by atomic mass is 35.5. The van der Waals surface area contributed by atoms with E-state index < -0.39 is 10.0 Å². The SMILES string of the molecule is CC1(C)CN(CC(=O)N2CCCC2)c2ccc(S(=O)(=O)NCCc3ccc(Cl)cc3)cc21. The number of benzene rings is 2. The molecule has 0 bridgehead atoms. The molecule has 6 nitrogen and oxygen atoms in total. The van der Waals surface area contributed by atoms with Crippen molar-refractivity contribution in [2.45, 2.75) is 43.4 Å². The van der Waals surface area contributed by atoms with Gasteiger partial charge in [-0.25, -0.2) is 13.1 Å². The van der Waals surface area contributed by atoms with Crippen molar-refractivity contribution in [3.05, 3.63) is 58.6 Å². The first kappa shape index (κ1) is 23.1. The second kappa shape index (κ2) is 9.04. The van der Waals surface area contributed by atoms with Crippen LogP contribution in [0.5, 0.6) is 0 Å². The zero-order valence-corrected chi connectivity index (χ0v) is 20.2. The second-order valence-electron chi connectivity index (χ2n) is 9.28. The smallest absolute Gasteiger partial charge is 0.242 e. The van der Waals surface area contributed by atoms with E-state index in [1.54, 1.807) is 24.3 Å². The number of nitrogens with zero attached hydrogens (tertiary/aromatic N) is 2. The number of anilines is 1. The third kappa shape index (κ3) is 4.95. The summed E-state index contributed by atoms with van der Waals surface area (Å²) in [4.78, 5) is 16.9. The highest BCUT2D eigenvalue weighted by Gasteiger charge is 2.37. The van der Waals surface area contributed by atoms with E-state index in [9.17, 15) is 13.2 Å². The molecule has 172 valence electrons. The molecule has 0 aromatic heterocycles. The van der Waals surface area contributed by atoms with Gasteiger partial charge in [-0.05, 0) is 60.7 Å². The third-order valence-corrected chi connectivity index (χ3v) is 8.05. The van der Waals surface area contributed by atoms with E-state index in [1.165, 1.54) is 0 Å². The molecule has 2 aromatic rings. The fourth-order valence-electron chi connectivity index (χ4n) is 4.58. The van der Waals surface area contributed by atoms with E-state index in [-0.39, 0.29) is 16.2 Å². The van der Waals surface area contributed by atoms with Gasteiger partial charge in [0, 0.05) is 42.3 Å². The Bertz CT molecular complexity index is 1090. The molecule has 0 aliphatic carbocycles. The molecule has 8 heteroatoms. The van der Waals surface area contributed by atoms with Gasteiger partial charge in [0.05, 0.1) is 11.4 Å². The van der Waals surface area contributed by atoms with Gasteiger partial charge in [-0.3, -0.25) is 4.79 Å². The Morgan fingerprint density at radius 3 is 2.47 bits per heavy atom. The van der Waals surface area contributed by atoms with Crippen molar-refractivity contribution in [2.75, 3.05) is 37.6 Å². The van der Waals surface area contributed by atoms with Crippen LogP contribution in [0.1, 0.15) is 37.8 Å². The zero-order valence-electron chi connectivity index (χ0n) is 18.6. The average Bonchev–Trinajstić information content (AvgIpc) is 3.36. The van der Waals surface area contributed by atoms with Crippen molar-refractivity contribution < 1.29 is 13.2 Å². The average molecular weight is 476 g/mol. The molecule has 0 unspecified atom stereocenters. The monoisotopic (exact) mass is 475 g/mol. The van der Waals surface area contributed by atoms with E-state index in [0.29, 0.717) is 31.1 Å². The molecule has 0 radical (unpaired) electrons. The van der Waals surface area contributed by atoms with E-state index >= 15 is 0 Å². The fourth-order valence-corrected chi connectivity index (χ4v) is 5.77. The number of carbonyl (C=O) groups excluding carboxylic acids is 1. The van der Waals surface area contributed by atoms with Gasteiger partial charge < -0.3 is 9.80 Å². The molecule has 1 fully saturated rings. The van der Waals surface area contributed by atoms with E-state index in [4.69, 9.17) is 11.6 Å². The van der Waals surface area contributed by atoms with E-state index in [1.807, 2.05) is 23.1 Å². The van der Waals surface area contributed by atoms with Crippen LogP contribution in [-0.2, 0) is 26.7 Å². The van der Waals surface area contributed by atoms with Gasteiger partial charge >= 0.3 is 0 Å². The Kier molecular flexibility index (Phi) is 6.52. The summed E-state index contributed by atoms with van der Waals surface area (Å²) in [7, 11) is -3.63. The first-order chi connectivity index (χ1) is 15.2. The Morgan fingerprint density at radius 2 is 1.78 bits per heavy atom. The van der Waals surface area contributed by atoms with E-state index in [0.717, 1.165) is 42.7 Å². The predicted octanol–water partition coefficient (Wildman–Crippen LogP) is 3.58. The highest BCUT2D eigenvalue weighted by Crippen LogP contribution is 2.41. The normalized spacial score (nSPS) is 17.6. The molecule has 4 rings (SSSR count). The summed E-state index contributed by atoms with van der Waals surface area (Å²) in [6.07, 6.45) is 2.72.